The SMILES string of the molecule is COc1ccc(C)cc1S(=O)(=O)NCCCCN1CCOCC1. The summed E-state index contributed by atoms with van der Waals surface area (Å²) >= 11 is 0. The van der Waals surface area contributed by atoms with Crippen molar-refractivity contribution in [2.75, 3.05) is 46.5 Å². The molecule has 7 heteroatoms. The quantitative estimate of drug-likeness (QED) is 0.723. The molecule has 0 atom stereocenters. The summed E-state index contributed by atoms with van der Waals surface area (Å²) in [4.78, 5) is 2.55. The molecule has 1 aromatic rings. The number of aryl methyl sites for hydroxylation is 1. The van der Waals surface area contributed by atoms with Gasteiger partial charge in [0.05, 0.1) is 20.3 Å². The zero-order valence-electron chi connectivity index (χ0n) is 13.9. The highest BCUT2D eigenvalue weighted by molar-refractivity contribution is 7.89. The highest BCUT2D eigenvalue weighted by Crippen LogP contribution is 2.24. The van der Waals surface area contributed by atoms with E-state index >= 15 is 0 Å². The number of hydrogen-bond donors (Lipinski definition) is 1. The number of rotatable bonds is 8. The van der Waals surface area contributed by atoms with Gasteiger partial charge in [0.2, 0.25) is 10.0 Å². The predicted octanol–water partition coefficient (Wildman–Crippen LogP) is 1.39. The number of unbranched alkanes of at least 4 members (excludes halogenated alkanes) is 1. The number of benzene rings is 1. The van der Waals surface area contributed by atoms with Crippen LogP contribution in [0, 0.1) is 6.92 Å². The highest BCUT2D eigenvalue weighted by Gasteiger charge is 2.19. The first kappa shape index (κ1) is 18.2. The number of nitrogens with zero attached hydrogens (tertiary/aromatic N) is 1. The van der Waals surface area contributed by atoms with Gasteiger partial charge in [0.15, 0.2) is 0 Å². The minimum Gasteiger partial charge on any atom is -0.495 e. The Hall–Kier alpha value is -1.15. The second-order valence-electron chi connectivity index (χ2n) is 5.71. The van der Waals surface area contributed by atoms with E-state index in [1.54, 1.807) is 12.1 Å². The van der Waals surface area contributed by atoms with Crippen LogP contribution in [-0.2, 0) is 14.8 Å². The molecule has 0 aliphatic carbocycles. The predicted molar refractivity (Wildman–Crippen MR) is 89.4 cm³/mol. The first-order valence-electron chi connectivity index (χ1n) is 7.97. The average molecular weight is 342 g/mol. The number of ether oxygens (including phenoxy) is 2. The molecule has 6 nitrogen and oxygen atoms in total. The van der Waals surface area contributed by atoms with Crippen molar-refractivity contribution in [3.63, 3.8) is 0 Å². The molecule has 2 rings (SSSR count). The van der Waals surface area contributed by atoms with Crippen molar-refractivity contribution in [1.82, 2.24) is 9.62 Å². The Morgan fingerprint density at radius 3 is 2.70 bits per heavy atom. The van der Waals surface area contributed by atoms with Crippen LogP contribution >= 0.6 is 0 Å². The van der Waals surface area contributed by atoms with E-state index in [-0.39, 0.29) is 4.90 Å². The van der Waals surface area contributed by atoms with Crippen LogP contribution in [-0.4, -0.2) is 59.8 Å². The summed E-state index contributed by atoms with van der Waals surface area (Å²) in [6, 6.07) is 5.15. The first-order valence-corrected chi connectivity index (χ1v) is 9.45. The second-order valence-corrected chi connectivity index (χ2v) is 7.45. The van der Waals surface area contributed by atoms with E-state index in [2.05, 4.69) is 9.62 Å². The number of nitrogens with one attached hydrogen (secondary N) is 1. The fraction of sp³-hybridized carbons (Fsp3) is 0.625. The molecular weight excluding hydrogens is 316 g/mol. The van der Waals surface area contributed by atoms with Crippen LogP contribution in [0.25, 0.3) is 0 Å². The summed E-state index contributed by atoms with van der Waals surface area (Å²) < 4.78 is 37.9. The van der Waals surface area contributed by atoms with E-state index in [1.807, 2.05) is 13.0 Å². The van der Waals surface area contributed by atoms with E-state index < -0.39 is 10.0 Å². The molecule has 1 saturated heterocycles. The lowest BCUT2D eigenvalue weighted by atomic mass is 10.2. The summed E-state index contributed by atoms with van der Waals surface area (Å²) in [6.07, 6.45) is 1.78. The van der Waals surface area contributed by atoms with Gasteiger partial charge in [0.1, 0.15) is 10.6 Å². The molecule has 23 heavy (non-hydrogen) atoms. The molecular formula is C16H26N2O4S. The third-order valence-electron chi connectivity index (χ3n) is 3.91. The summed E-state index contributed by atoms with van der Waals surface area (Å²) in [5.74, 6) is 0.372. The molecule has 0 unspecified atom stereocenters. The van der Waals surface area contributed by atoms with Gasteiger partial charge in [-0.2, -0.15) is 0 Å². The molecule has 0 bridgehead atoms. The molecule has 0 amide bonds. The Balaban J connectivity index is 1.81. The second kappa shape index (κ2) is 8.63. The lowest BCUT2D eigenvalue weighted by molar-refractivity contribution is 0.0372. The Bertz CT molecular complexity index is 598. The van der Waals surface area contributed by atoms with Crippen molar-refractivity contribution < 1.29 is 17.9 Å². The lowest BCUT2D eigenvalue weighted by Gasteiger charge is -2.26. The number of sulfonamides is 1. The summed E-state index contributed by atoms with van der Waals surface area (Å²) in [6.45, 7) is 6.79. The summed E-state index contributed by atoms with van der Waals surface area (Å²) in [7, 11) is -2.06. The molecule has 1 N–H and O–H groups in total. The third kappa shape index (κ3) is 5.46. The van der Waals surface area contributed by atoms with Gasteiger partial charge in [-0.05, 0) is 44.0 Å². The van der Waals surface area contributed by atoms with Crippen molar-refractivity contribution >= 4 is 10.0 Å². The van der Waals surface area contributed by atoms with Crippen molar-refractivity contribution in [1.29, 1.82) is 0 Å². The molecule has 0 aromatic heterocycles. The van der Waals surface area contributed by atoms with Crippen molar-refractivity contribution in [3.05, 3.63) is 23.8 Å². The smallest absolute Gasteiger partial charge is 0.244 e. The summed E-state index contributed by atoms with van der Waals surface area (Å²) in [5, 5.41) is 0. The van der Waals surface area contributed by atoms with E-state index in [0.29, 0.717) is 12.3 Å². The lowest BCUT2D eigenvalue weighted by Crippen LogP contribution is -2.37. The third-order valence-corrected chi connectivity index (χ3v) is 5.39. The van der Waals surface area contributed by atoms with Gasteiger partial charge in [0, 0.05) is 19.6 Å². The van der Waals surface area contributed by atoms with Crippen LogP contribution in [0.1, 0.15) is 18.4 Å². The monoisotopic (exact) mass is 342 g/mol. The average Bonchev–Trinajstić information content (AvgIpc) is 2.55. The van der Waals surface area contributed by atoms with E-state index in [1.165, 1.54) is 7.11 Å². The maximum Gasteiger partial charge on any atom is 0.244 e. The van der Waals surface area contributed by atoms with Crippen LogP contribution in [0.15, 0.2) is 23.1 Å². The van der Waals surface area contributed by atoms with Crippen molar-refractivity contribution in [2.45, 2.75) is 24.7 Å². The topological polar surface area (TPSA) is 67.9 Å². The van der Waals surface area contributed by atoms with Crippen molar-refractivity contribution in [3.8, 4) is 5.75 Å². The number of morpholine rings is 1. The van der Waals surface area contributed by atoms with E-state index in [0.717, 1.165) is 51.3 Å². The van der Waals surface area contributed by atoms with Crippen LogP contribution in [0.4, 0.5) is 0 Å². The van der Waals surface area contributed by atoms with Crippen LogP contribution in [0.5, 0.6) is 5.75 Å². The largest absolute Gasteiger partial charge is 0.495 e. The standard InChI is InChI=1S/C16H26N2O4S/c1-14-5-6-15(21-2)16(13-14)23(19,20)17-7-3-4-8-18-9-11-22-12-10-18/h5-6,13,17H,3-4,7-12H2,1-2H3. The molecule has 1 fully saturated rings. The maximum absolute atomic E-state index is 12.4. The first-order chi connectivity index (χ1) is 11.0. The zero-order chi connectivity index (χ0) is 16.7. The minimum atomic E-state index is -3.54. The van der Waals surface area contributed by atoms with E-state index in [9.17, 15) is 8.42 Å². The van der Waals surface area contributed by atoms with Gasteiger partial charge in [0.25, 0.3) is 0 Å². The van der Waals surface area contributed by atoms with E-state index in [4.69, 9.17) is 9.47 Å². The molecule has 0 saturated carbocycles. The molecule has 1 heterocycles. The Kier molecular flexibility index (Phi) is 6.83. The summed E-state index contributed by atoms with van der Waals surface area (Å²) in [5.41, 5.74) is 0.887. The number of hydrogen-bond acceptors (Lipinski definition) is 5. The maximum atomic E-state index is 12.4. The molecule has 0 spiro atoms. The van der Waals surface area contributed by atoms with Crippen LogP contribution < -0.4 is 9.46 Å². The number of methoxy groups -OCH3 is 1. The van der Waals surface area contributed by atoms with Crippen LogP contribution in [0.3, 0.4) is 0 Å². The normalized spacial score (nSPS) is 16.4. The van der Waals surface area contributed by atoms with Gasteiger partial charge >= 0.3 is 0 Å². The molecule has 1 aliphatic heterocycles. The molecule has 0 radical (unpaired) electrons. The Morgan fingerprint density at radius 1 is 1.26 bits per heavy atom. The van der Waals surface area contributed by atoms with Gasteiger partial charge in [-0.3, -0.25) is 4.90 Å². The molecule has 130 valence electrons. The van der Waals surface area contributed by atoms with Crippen LogP contribution in [0.2, 0.25) is 0 Å². The zero-order valence-corrected chi connectivity index (χ0v) is 14.7. The van der Waals surface area contributed by atoms with Gasteiger partial charge in [-0.1, -0.05) is 6.07 Å². The molecule has 1 aliphatic rings. The fourth-order valence-electron chi connectivity index (χ4n) is 2.56. The highest BCUT2D eigenvalue weighted by atomic mass is 32.2. The minimum absolute atomic E-state index is 0.202. The Morgan fingerprint density at radius 2 is 2.00 bits per heavy atom. The van der Waals surface area contributed by atoms with Gasteiger partial charge < -0.3 is 9.47 Å². The Labute approximate surface area is 138 Å². The molecule has 1 aromatic carbocycles. The van der Waals surface area contributed by atoms with Gasteiger partial charge in [-0.15, -0.1) is 0 Å². The fourth-order valence-corrected chi connectivity index (χ4v) is 3.89. The van der Waals surface area contributed by atoms with Gasteiger partial charge in [-0.25, -0.2) is 13.1 Å². The van der Waals surface area contributed by atoms with Crippen molar-refractivity contribution in [2.24, 2.45) is 0 Å².